The van der Waals surface area contributed by atoms with Gasteiger partial charge in [-0.15, -0.1) is 0 Å². The minimum atomic E-state index is -0.268. The lowest BCUT2D eigenvalue weighted by atomic mass is 9.91. The zero-order valence-corrected chi connectivity index (χ0v) is 13.2. The Kier molecular flexibility index (Phi) is 4.28. The molecule has 0 bridgehead atoms. The van der Waals surface area contributed by atoms with E-state index in [4.69, 9.17) is 4.74 Å². The molecule has 2 unspecified atom stereocenters. The highest BCUT2D eigenvalue weighted by atomic mass is 16.5. The van der Waals surface area contributed by atoms with E-state index in [1.807, 2.05) is 19.1 Å². The number of benzene rings is 2. The van der Waals surface area contributed by atoms with Crippen molar-refractivity contribution in [2.75, 3.05) is 0 Å². The van der Waals surface area contributed by atoms with E-state index in [0.717, 1.165) is 24.8 Å². The van der Waals surface area contributed by atoms with Gasteiger partial charge in [0.2, 0.25) is 0 Å². The Morgan fingerprint density at radius 2 is 2.00 bits per heavy atom. The molecule has 1 aliphatic carbocycles. The van der Waals surface area contributed by atoms with Crippen molar-refractivity contribution >= 4 is 22.8 Å². The van der Waals surface area contributed by atoms with Gasteiger partial charge in [0.1, 0.15) is 6.10 Å². The second kappa shape index (κ2) is 6.35. The average molecular weight is 294 g/mol. The molecule has 0 saturated heterocycles. The third-order valence-electron chi connectivity index (χ3n) is 4.36. The van der Waals surface area contributed by atoms with E-state index in [-0.39, 0.29) is 18.0 Å². The molecule has 0 aromatic heterocycles. The first-order valence-electron chi connectivity index (χ1n) is 8.11. The predicted molar refractivity (Wildman–Crippen MR) is 90.5 cm³/mol. The second-order valence-electron chi connectivity index (χ2n) is 6.05. The molecule has 2 aromatic rings. The molecule has 0 aliphatic heterocycles. The lowest BCUT2D eigenvalue weighted by Gasteiger charge is -2.23. The van der Waals surface area contributed by atoms with E-state index in [1.165, 1.54) is 16.3 Å². The molecule has 2 heteroatoms. The summed E-state index contributed by atoms with van der Waals surface area (Å²) >= 11 is 0. The Labute approximate surface area is 131 Å². The van der Waals surface area contributed by atoms with Crippen LogP contribution in [0.25, 0.3) is 16.8 Å². The zero-order chi connectivity index (χ0) is 15.5. The summed E-state index contributed by atoms with van der Waals surface area (Å²) in [5, 5.41) is 2.39. The van der Waals surface area contributed by atoms with Crippen molar-refractivity contribution in [3.05, 3.63) is 53.6 Å². The molecule has 2 nitrogen and oxygen atoms in total. The van der Waals surface area contributed by atoms with Gasteiger partial charge in [0.25, 0.3) is 0 Å². The first-order chi connectivity index (χ1) is 10.7. The number of rotatable bonds is 5. The molecule has 3 rings (SSSR count). The highest BCUT2D eigenvalue weighted by molar-refractivity contribution is 5.95. The molecule has 0 fully saturated rings. The average Bonchev–Trinajstić information content (AvgIpc) is 2.55. The lowest BCUT2D eigenvalue weighted by Crippen LogP contribution is -2.18. The van der Waals surface area contributed by atoms with Crippen LogP contribution in [0.2, 0.25) is 0 Å². The van der Waals surface area contributed by atoms with Crippen LogP contribution in [-0.2, 0) is 9.53 Å². The Balaban J connectivity index is 1.84. The molecular weight excluding hydrogens is 272 g/mol. The second-order valence-corrected chi connectivity index (χ2v) is 6.05. The summed E-state index contributed by atoms with van der Waals surface area (Å²) in [5.74, 6) is -0.135. The van der Waals surface area contributed by atoms with Gasteiger partial charge in [-0.25, -0.2) is 0 Å². The van der Waals surface area contributed by atoms with Crippen LogP contribution >= 0.6 is 0 Å². The van der Waals surface area contributed by atoms with Gasteiger partial charge in [-0.2, -0.15) is 0 Å². The maximum atomic E-state index is 12.3. The summed E-state index contributed by atoms with van der Waals surface area (Å²) in [4.78, 5) is 12.3. The summed E-state index contributed by atoms with van der Waals surface area (Å²) < 4.78 is 5.77. The van der Waals surface area contributed by atoms with E-state index >= 15 is 0 Å². The Morgan fingerprint density at radius 3 is 2.77 bits per heavy atom. The standard InChI is InChI=1S/C20H22O2/c1-3-4-7-14(2)20(21)22-18-13-12-16-9-5-8-15-10-6-11-17(18)19(15)16/h5-6,8-14,18H,3-4,7H2,1-2H3. The van der Waals surface area contributed by atoms with Gasteiger partial charge in [0, 0.05) is 5.56 Å². The molecule has 0 N–H and O–H groups in total. The highest BCUT2D eigenvalue weighted by Crippen LogP contribution is 2.35. The van der Waals surface area contributed by atoms with Crippen LogP contribution in [0.5, 0.6) is 0 Å². The van der Waals surface area contributed by atoms with Crippen LogP contribution in [0, 0.1) is 5.92 Å². The molecule has 0 heterocycles. The van der Waals surface area contributed by atoms with Gasteiger partial charge < -0.3 is 4.74 Å². The highest BCUT2D eigenvalue weighted by Gasteiger charge is 2.23. The van der Waals surface area contributed by atoms with Crippen LogP contribution in [0.4, 0.5) is 0 Å². The van der Waals surface area contributed by atoms with E-state index in [0.29, 0.717) is 0 Å². The van der Waals surface area contributed by atoms with Crippen molar-refractivity contribution in [1.29, 1.82) is 0 Å². The number of carbonyl (C=O) groups excluding carboxylic acids is 1. The smallest absolute Gasteiger partial charge is 0.309 e. The Bertz CT molecular complexity index is 709. The van der Waals surface area contributed by atoms with Crippen molar-refractivity contribution in [3.63, 3.8) is 0 Å². The molecule has 0 spiro atoms. The van der Waals surface area contributed by atoms with E-state index in [9.17, 15) is 4.79 Å². The van der Waals surface area contributed by atoms with Gasteiger partial charge >= 0.3 is 5.97 Å². The number of ether oxygens (including phenoxy) is 1. The Hall–Kier alpha value is -2.09. The minimum Gasteiger partial charge on any atom is -0.453 e. The van der Waals surface area contributed by atoms with Crippen LogP contribution < -0.4 is 0 Å². The summed E-state index contributed by atoms with van der Waals surface area (Å²) in [7, 11) is 0. The molecular formula is C20H22O2. The van der Waals surface area contributed by atoms with Crippen molar-refractivity contribution in [2.45, 2.75) is 39.2 Å². The third kappa shape index (κ3) is 2.78. The van der Waals surface area contributed by atoms with Gasteiger partial charge in [-0.3, -0.25) is 4.79 Å². The quantitative estimate of drug-likeness (QED) is 0.701. The monoisotopic (exact) mass is 294 g/mol. The zero-order valence-electron chi connectivity index (χ0n) is 13.2. The van der Waals surface area contributed by atoms with Crippen molar-refractivity contribution in [1.82, 2.24) is 0 Å². The molecule has 0 amide bonds. The van der Waals surface area contributed by atoms with Gasteiger partial charge in [-0.05, 0) is 28.8 Å². The summed E-state index contributed by atoms with van der Waals surface area (Å²) in [6.45, 7) is 4.10. The number of esters is 1. The molecule has 1 aliphatic rings. The number of hydrogen-bond acceptors (Lipinski definition) is 2. The van der Waals surface area contributed by atoms with Gasteiger partial charge in [-0.1, -0.05) is 69.2 Å². The normalized spacial score (nSPS) is 17.5. The summed E-state index contributed by atoms with van der Waals surface area (Å²) in [6, 6.07) is 12.5. The number of unbranched alkanes of at least 4 members (excludes halogenated alkanes) is 1. The molecule has 0 saturated carbocycles. The van der Waals surface area contributed by atoms with Crippen molar-refractivity contribution < 1.29 is 9.53 Å². The van der Waals surface area contributed by atoms with Crippen LogP contribution in [-0.4, -0.2) is 5.97 Å². The van der Waals surface area contributed by atoms with E-state index < -0.39 is 0 Å². The first-order valence-corrected chi connectivity index (χ1v) is 8.11. The summed E-state index contributed by atoms with van der Waals surface area (Å²) in [5.41, 5.74) is 2.28. The largest absolute Gasteiger partial charge is 0.453 e. The maximum absolute atomic E-state index is 12.3. The number of carbonyl (C=O) groups is 1. The fraction of sp³-hybridized carbons (Fsp3) is 0.350. The summed E-state index contributed by atoms with van der Waals surface area (Å²) in [6.07, 6.45) is 6.84. The molecule has 114 valence electrons. The van der Waals surface area contributed by atoms with Crippen molar-refractivity contribution in [2.24, 2.45) is 5.92 Å². The minimum absolute atomic E-state index is 0.0373. The molecule has 0 radical (unpaired) electrons. The van der Waals surface area contributed by atoms with Crippen molar-refractivity contribution in [3.8, 4) is 0 Å². The lowest BCUT2D eigenvalue weighted by molar-refractivity contribution is -0.151. The molecule has 22 heavy (non-hydrogen) atoms. The van der Waals surface area contributed by atoms with E-state index in [2.05, 4.69) is 43.3 Å². The van der Waals surface area contributed by atoms with Gasteiger partial charge in [0.05, 0.1) is 5.92 Å². The fourth-order valence-corrected chi connectivity index (χ4v) is 3.04. The van der Waals surface area contributed by atoms with Gasteiger partial charge in [0.15, 0.2) is 0 Å². The topological polar surface area (TPSA) is 26.3 Å². The number of hydrogen-bond donors (Lipinski definition) is 0. The van der Waals surface area contributed by atoms with Crippen LogP contribution in [0.1, 0.15) is 50.3 Å². The third-order valence-corrected chi connectivity index (χ3v) is 4.36. The molecule has 2 aromatic carbocycles. The van der Waals surface area contributed by atoms with Crippen LogP contribution in [0.3, 0.4) is 0 Å². The SMILES string of the molecule is CCCCC(C)C(=O)OC1C=Cc2cccc3cccc1c23. The Morgan fingerprint density at radius 1 is 1.23 bits per heavy atom. The first kappa shape index (κ1) is 14.8. The fourth-order valence-electron chi connectivity index (χ4n) is 3.04. The maximum Gasteiger partial charge on any atom is 0.309 e. The molecule has 2 atom stereocenters. The van der Waals surface area contributed by atoms with Crippen LogP contribution in [0.15, 0.2) is 42.5 Å². The van der Waals surface area contributed by atoms with E-state index in [1.54, 1.807) is 0 Å². The predicted octanol–water partition coefficient (Wildman–Crippen LogP) is 5.28.